The molecule has 1 saturated carbocycles. The van der Waals surface area contributed by atoms with Crippen LogP contribution in [0.4, 0.5) is 0 Å². The first-order valence-corrected chi connectivity index (χ1v) is 5.83. The van der Waals surface area contributed by atoms with Gasteiger partial charge in [-0.05, 0) is 25.0 Å². The van der Waals surface area contributed by atoms with Gasteiger partial charge in [-0.25, -0.2) is 0 Å². The van der Waals surface area contributed by atoms with Gasteiger partial charge in [0.25, 0.3) is 5.91 Å². The maximum atomic E-state index is 12.0. The summed E-state index contributed by atoms with van der Waals surface area (Å²) >= 11 is 0. The second-order valence-electron chi connectivity index (χ2n) is 5.27. The van der Waals surface area contributed by atoms with Crippen LogP contribution in [0, 0.1) is 12.3 Å². The van der Waals surface area contributed by atoms with Crippen molar-refractivity contribution in [3.8, 4) is 0 Å². The predicted molar refractivity (Wildman–Crippen MR) is 64.6 cm³/mol. The van der Waals surface area contributed by atoms with Gasteiger partial charge in [0.2, 0.25) is 0 Å². The number of pyridine rings is 1. The molecule has 0 bridgehead atoms. The van der Waals surface area contributed by atoms with Gasteiger partial charge in [0.1, 0.15) is 5.69 Å². The number of hydrogen-bond acceptors (Lipinski definition) is 3. The van der Waals surface area contributed by atoms with Crippen LogP contribution in [0.1, 0.15) is 36.3 Å². The van der Waals surface area contributed by atoms with E-state index in [4.69, 9.17) is 0 Å². The highest BCUT2D eigenvalue weighted by atomic mass is 16.3. The first-order chi connectivity index (χ1) is 7.93. The maximum absolute atomic E-state index is 12.0. The van der Waals surface area contributed by atoms with E-state index in [1.54, 1.807) is 6.20 Å². The minimum Gasteiger partial charge on any atom is -0.392 e. The number of rotatable bonds is 2. The van der Waals surface area contributed by atoms with Gasteiger partial charge < -0.3 is 10.4 Å². The number of amides is 1. The lowest BCUT2D eigenvalue weighted by atomic mass is 9.64. The van der Waals surface area contributed by atoms with Crippen molar-refractivity contribution in [2.24, 2.45) is 5.41 Å². The Morgan fingerprint density at radius 1 is 1.59 bits per heavy atom. The number of aryl methyl sites for hydroxylation is 1. The van der Waals surface area contributed by atoms with Gasteiger partial charge in [-0.2, -0.15) is 0 Å². The number of carbonyl (C=O) groups excluding carboxylic acids is 1. The SMILES string of the molecule is Cc1cccnc1C(=O)NC1CC(O)C1(C)C. The summed E-state index contributed by atoms with van der Waals surface area (Å²) in [5, 5.41) is 12.5. The van der Waals surface area contributed by atoms with Crippen LogP contribution in [-0.4, -0.2) is 28.1 Å². The molecule has 0 radical (unpaired) electrons. The molecule has 0 saturated heterocycles. The lowest BCUT2D eigenvalue weighted by molar-refractivity contribution is -0.0690. The molecule has 17 heavy (non-hydrogen) atoms. The van der Waals surface area contributed by atoms with E-state index >= 15 is 0 Å². The smallest absolute Gasteiger partial charge is 0.270 e. The van der Waals surface area contributed by atoms with Crippen LogP contribution in [-0.2, 0) is 0 Å². The molecule has 2 N–H and O–H groups in total. The molecule has 4 nitrogen and oxygen atoms in total. The Hall–Kier alpha value is -1.42. The summed E-state index contributed by atoms with van der Waals surface area (Å²) < 4.78 is 0. The van der Waals surface area contributed by atoms with Crippen LogP contribution in [0.2, 0.25) is 0 Å². The molecular formula is C13H18N2O2. The molecule has 1 heterocycles. The van der Waals surface area contributed by atoms with Gasteiger partial charge in [0.05, 0.1) is 6.10 Å². The minimum absolute atomic E-state index is 0.0198. The zero-order chi connectivity index (χ0) is 12.6. The van der Waals surface area contributed by atoms with E-state index in [1.807, 2.05) is 32.9 Å². The molecule has 1 fully saturated rings. The van der Waals surface area contributed by atoms with Crippen molar-refractivity contribution in [3.05, 3.63) is 29.6 Å². The van der Waals surface area contributed by atoms with E-state index < -0.39 is 0 Å². The van der Waals surface area contributed by atoms with Crippen molar-refractivity contribution in [1.82, 2.24) is 10.3 Å². The van der Waals surface area contributed by atoms with E-state index in [9.17, 15) is 9.90 Å². The number of nitrogens with one attached hydrogen (secondary N) is 1. The molecule has 1 amide bonds. The van der Waals surface area contributed by atoms with Crippen molar-refractivity contribution < 1.29 is 9.90 Å². The minimum atomic E-state index is -0.336. The van der Waals surface area contributed by atoms with E-state index in [0.717, 1.165) is 5.56 Å². The molecule has 2 unspecified atom stereocenters. The van der Waals surface area contributed by atoms with Gasteiger partial charge in [-0.3, -0.25) is 9.78 Å². The average Bonchev–Trinajstić information content (AvgIpc) is 2.29. The van der Waals surface area contributed by atoms with Crippen LogP contribution in [0.15, 0.2) is 18.3 Å². The Morgan fingerprint density at radius 2 is 2.29 bits per heavy atom. The Kier molecular flexibility index (Phi) is 2.91. The van der Waals surface area contributed by atoms with Crippen molar-refractivity contribution >= 4 is 5.91 Å². The van der Waals surface area contributed by atoms with Crippen LogP contribution in [0.5, 0.6) is 0 Å². The topological polar surface area (TPSA) is 62.2 Å². The fourth-order valence-corrected chi connectivity index (χ4v) is 2.10. The van der Waals surface area contributed by atoms with E-state index in [-0.39, 0.29) is 23.5 Å². The molecule has 4 heteroatoms. The molecular weight excluding hydrogens is 216 g/mol. The Labute approximate surface area is 101 Å². The summed E-state index contributed by atoms with van der Waals surface area (Å²) in [5.41, 5.74) is 1.07. The maximum Gasteiger partial charge on any atom is 0.270 e. The highest BCUT2D eigenvalue weighted by Crippen LogP contribution is 2.40. The fourth-order valence-electron chi connectivity index (χ4n) is 2.10. The molecule has 1 aromatic heterocycles. The van der Waals surface area contributed by atoms with E-state index in [0.29, 0.717) is 12.1 Å². The van der Waals surface area contributed by atoms with Crippen LogP contribution < -0.4 is 5.32 Å². The molecule has 1 aliphatic carbocycles. The second-order valence-corrected chi connectivity index (χ2v) is 5.27. The van der Waals surface area contributed by atoms with Gasteiger partial charge >= 0.3 is 0 Å². The number of carbonyl (C=O) groups is 1. The van der Waals surface area contributed by atoms with Crippen molar-refractivity contribution in [1.29, 1.82) is 0 Å². The third-order valence-corrected chi connectivity index (χ3v) is 3.75. The third kappa shape index (κ3) is 2.05. The summed E-state index contributed by atoms with van der Waals surface area (Å²) in [6.07, 6.45) is 1.89. The average molecular weight is 234 g/mol. The summed E-state index contributed by atoms with van der Waals surface area (Å²) in [5.74, 6) is -0.159. The van der Waals surface area contributed by atoms with Gasteiger partial charge in [0.15, 0.2) is 0 Å². The second kappa shape index (κ2) is 4.11. The quantitative estimate of drug-likeness (QED) is 0.810. The molecule has 2 rings (SSSR count). The number of aromatic nitrogens is 1. The van der Waals surface area contributed by atoms with Gasteiger partial charge in [0, 0.05) is 17.7 Å². The Morgan fingerprint density at radius 3 is 2.82 bits per heavy atom. The number of aliphatic hydroxyl groups excluding tert-OH is 1. The lowest BCUT2D eigenvalue weighted by Crippen LogP contribution is -2.61. The van der Waals surface area contributed by atoms with Crippen LogP contribution in [0.25, 0.3) is 0 Å². The first-order valence-electron chi connectivity index (χ1n) is 5.83. The van der Waals surface area contributed by atoms with E-state index in [1.165, 1.54) is 0 Å². The standard InChI is InChI=1S/C13H18N2O2/c1-8-5-4-6-14-11(8)12(17)15-9-7-10(16)13(9,2)3/h4-6,9-10,16H,7H2,1-3H3,(H,15,17). The molecule has 0 spiro atoms. The third-order valence-electron chi connectivity index (χ3n) is 3.75. The largest absolute Gasteiger partial charge is 0.392 e. The zero-order valence-electron chi connectivity index (χ0n) is 10.4. The summed E-state index contributed by atoms with van der Waals surface area (Å²) in [7, 11) is 0. The summed E-state index contributed by atoms with van der Waals surface area (Å²) in [4.78, 5) is 16.1. The highest BCUT2D eigenvalue weighted by Gasteiger charge is 2.48. The number of aliphatic hydroxyl groups is 1. The molecule has 92 valence electrons. The summed E-state index contributed by atoms with van der Waals surface area (Å²) in [6.45, 7) is 5.78. The summed E-state index contributed by atoms with van der Waals surface area (Å²) in [6, 6.07) is 3.69. The lowest BCUT2D eigenvalue weighted by Gasteiger charge is -2.49. The molecule has 1 aliphatic rings. The molecule has 0 aliphatic heterocycles. The monoisotopic (exact) mass is 234 g/mol. The molecule has 1 aromatic rings. The highest BCUT2D eigenvalue weighted by molar-refractivity contribution is 5.93. The normalized spacial score (nSPS) is 26.1. The zero-order valence-corrected chi connectivity index (χ0v) is 10.4. The van der Waals surface area contributed by atoms with Crippen molar-refractivity contribution in [2.75, 3.05) is 0 Å². The van der Waals surface area contributed by atoms with Crippen molar-refractivity contribution in [2.45, 2.75) is 39.3 Å². The van der Waals surface area contributed by atoms with E-state index in [2.05, 4.69) is 10.3 Å². The van der Waals surface area contributed by atoms with Crippen molar-refractivity contribution in [3.63, 3.8) is 0 Å². The van der Waals surface area contributed by atoms with Gasteiger partial charge in [-0.1, -0.05) is 19.9 Å². The Bertz CT molecular complexity index is 443. The predicted octanol–water partition coefficient (Wildman–Crippen LogP) is 1.28. The molecule has 2 atom stereocenters. The Balaban J connectivity index is 2.07. The number of nitrogens with zero attached hydrogens (tertiary/aromatic N) is 1. The molecule has 0 aromatic carbocycles. The number of hydrogen-bond donors (Lipinski definition) is 2. The fraction of sp³-hybridized carbons (Fsp3) is 0.538. The first kappa shape index (κ1) is 12.0. The van der Waals surface area contributed by atoms with Crippen LogP contribution >= 0.6 is 0 Å². The van der Waals surface area contributed by atoms with Gasteiger partial charge in [-0.15, -0.1) is 0 Å². The van der Waals surface area contributed by atoms with Crippen LogP contribution in [0.3, 0.4) is 0 Å².